The number of likely N-dealkylation sites (tertiary alicyclic amines) is 1. The topological polar surface area (TPSA) is 84.8 Å². The standard InChI is InChI=1S/C29H39ClN6O3/c1-5-38-26-16-20-15-21(8-9-25(20)36(19(2)3)28(26)37)32-27-24(30)17-31-29(33-27)35-13-10-22(11-14-35)39-23-7-6-12-34(4)18-23/h8-9,15-17,19,22-23H,5-7,10-14,18H2,1-4H3,(H,31,32,33). The zero-order valence-electron chi connectivity index (χ0n) is 23.3. The van der Waals surface area contributed by atoms with E-state index in [0.717, 1.165) is 62.0 Å². The van der Waals surface area contributed by atoms with E-state index in [4.69, 9.17) is 26.1 Å². The summed E-state index contributed by atoms with van der Waals surface area (Å²) in [6.07, 6.45) is 6.54. The normalized spacial score (nSPS) is 19.1. The van der Waals surface area contributed by atoms with E-state index in [9.17, 15) is 4.79 Å². The van der Waals surface area contributed by atoms with Crippen LogP contribution >= 0.6 is 11.6 Å². The van der Waals surface area contributed by atoms with Gasteiger partial charge in [-0.15, -0.1) is 0 Å². The summed E-state index contributed by atoms with van der Waals surface area (Å²) in [5, 5.41) is 4.70. The molecule has 210 valence electrons. The molecule has 0 spiro atoms. The summed E-state index contributed by atoms with van der Waals surface area (Å²) in [4.78, 5) is 26.8. The first-order chi connectivity index (χ1) is 18.8. The lowest BCUT2D eigenvalue weighted by Crippen LogP contribution is -2.43. The van der Waals surface area contributed by atoms with Crippen LogP contribution in [0.4, 0.5) is 17.5 Å². The fraction of sp³-hybridized carbons (Fsp3) is 0.552. The third-order valence-corrected chi connectivity index (χ3v) is 7.78. The van der Waals surface area contributed by atoms with Crippen LogP contribution in [0, 0.1) is 0 Å². The zero-order chi connectivity index (χ0) is 27.5. The molecule has 3 aromatic rings. The van der Waals surface area contributed by atoms with Gasteiger partial charge in [-0.05, 0) is 84.3 Å². The molecule has 1 aromatic carbocycles. The highest BCUT2D eigenvalue weighted by Gasteiger charge is 2.26. The summed E-state index contributed by atoms with van der Waals surface area (Å²) >= 11 is 6.51. The van der Waals surface area contributed by atoms with Crippen LogP contribution in [0.2, 0.25) is 5.02 Å². The second-order valence-corrected chi connectivity index (χ2v) is 11.2. The number of piperidine rings is 2. The maximum absolute atomic E-state index is 12.9. The highest BCUT2D eigenvalue weighted by Crippen LogP contribution is 2.30. The Labute approximate surface area is 235 Å². The lowest BCUT2D eigenvalue weighted by Gasteiger charge is -2.36. The molecule has 4 heterocycles. The molecule has 2 fully saturated rings. The number of hydrogen-bond acceptors (Lipinski definition) is 8. The summed E-state index contributed by atoms with van der Waals surface area (Å²) in [5.41, 5.74) is 1.54. The Hall–Kier alpha value is -2.88. The predicted molar refractivity (Wildman–Crippen MR) is 157 cm³/mol. The number of nitrogens with zero attached hydrogens (tertiary/aromatic N) is 5. The van der Waals surface area contributed by atoms with Gasteiger partial charge in [-0.1, -0.05) is 11.6 Å². The highest BCUT2D eigenvalue weighted by atomic mass is 35.5. The molecule has 2 saturated heterocycles. The third kappa shape index (κ3) is 6.31. The lowest BCUT2D eigenvalue weighted by molar-refractivity contribution is -0.0521. The third-order valence-electron chi connectivity index (χ3n) is 7.50. The van der Waals surface area contributed by atoms with Crippen LogP contribution in [0.15, 0.2) is 35.3 Å². The Morgan fingerprint density at radius 1 is 1.13 bits per heavy atom. The summed E-state index contributed by atoms with van der Waals surface area (Å²) in [6.45, 7) is 10.2. The van der Waals surface area contributed by atoms with Crippen LogP contribution < -0.4 is 20.5 Å². The van der Waals surface area contributed by atoms with Crippen LogP contribution in [-0.2, 0) is 4.74 Å². The molecule has 2 aromatic heterocycles. The van der Waals surface area contributed by atoms with Crippen molar-refractivity contribution in [3.8, 4) is 5.75 Å². The minimum Gasteiger partial charge on any atom is -0.488 e. The number of halogens is 1. The van der Waals surface area contributed by atoms with Gasteiger partial charge < -0.3 is 29.2 Å². The average Bonchev–Trinajstić information content (AvgIpc) is 2.91. The number of likely N-dealkylation sites (N-methyl/N-ethyl adjacent to an activating group) is 1. The molecule has 2 aliphatic heterocycles. The maximum Gasteiger partial charge on any atom is 0.293 e. The van der Waals surface area contributed by atoms with Gasteiger partial charge in [0.15, 0.2) is 11.6 Å². The summed E-state index contributed by atoms with van der Waals surface area (Å²) in [7, 11) is 2.17. The van der Waals surface area contributed by atoms with Crippen LogP contribution in [0.1, 0.15) is 52.5 Å². The van der Waals surface area contributed by atoms with Crippen molar-refractivity contribution in [2.45, 2.75) is 64.7 Å². The molecule has 2 aliphatic rings. The summed E-state index contributed by atoms with van der Waals surface area (Å²) in [6, 6.07) is 7.66. The Morgan fingerprint density at radius 3 is 2.64 bits per heavy atom. The molecule has 0 amide bonds. The first-order valence-corrected chi connectivity index (χ1v) is 14.4. The molecule has 1 unspecified atom stereocenters. The molecular formula is C29H39ClN6O3. The van der Waals surface area contributed by atoms with Crippen LogP contribution in [0.5, 0.6) is 5.75 Å². The van der Waals surface area contributed by atoms with Crippen molar-refractivity contribution in [1.29, 1.82) is 0 Å². The Kier molecular flexibility index (Phi) is 8.59. The van der Waals surface area contributed by atoms with Gasteiger partial charge in [0.25, 0.3) is 5.56 Å². The predicted octanol–water partition coefficient (Wildman–Crippen LogP) is 5.25. The smallest absolute Gasteiger partial charge is 0.293 e. The van der Waals surface area contributed by atoms with Gasteiger partial charge in [0.2, 0.25) is 5.95 Å². The quantitative estimate of drug-likeness (QED) is 0.404. The number of ether oxygens (including phenoxy) is 2. The van der Waals surface area contributed by atoms with E-state index in [-0.39, 0.29) is 17.7 Å². The number of pyridine rings is 1. The van der Waals surface area contributed by atoms with E-state index >= 15 is 0 Å². The molecule has 1 N–H and O–H groups in total. The first kappa shape index (κ1) is 27.7. The number of nitrogens with one attached hydrogen (secondary N) is 1. The van der Waals surface area contributed by atoms with Gasteiger partial charge in [-0.2, -0.15) is 4.98 Å². The van der Waals surface area contributed by atoms with Gasteiger partial charge >= 0.3 is 0 Å². The largest absolute Gasteiger partial charge is 0.488 e. The van der Waals surface area contributed by atoms with Crippen molar-refractivity contribution < 1.29 is 9.47 Å². The van der Waals surface area contributed by atoms with Crippen molar-refractivity contribution in [3.05, 3.63) is 45.8 Å². The highest BCUT2D eigenvalue weighted by molar-refractivity contribution is 6.32. The van der Waals surface area contributed by atoms with Crippen LogP contribution in [0.25, 0.3) is 10.9 Å². The average molecular weight is 555 g/mol. The first-order valence-electron chi connectivity index (χ1n) is 14.0. The van der Waals surface area contributed by atoms with E-state index in [1.54, 1.807) is 16.8 Å². The van der Waals surface area contributed by atoms with Gasteiger partial charge in [0, 0.05) is 36.7 Å². The van der Waals surface area contributed by atoms with Crippen molar-refractivity contribution in [1.82, 2.24) is 19.4 Å². The fourth-order valence-electron chi connectivity index (χ4n) is 5.60. The van der Waals surface area contributed by atoms with Crippen molar-refractivity contribution >= 4 is 40.0 Å². The molecule has 0 bridgehead atoms. The minimum absolute atomic E-state index is 0.00312. The Balaban J connectivity index is 1.30. The van der Waals surface area contributed by atoms with Gasteiger partial charge in [-0.25, -0.2) is 4.98 Å². The molecule has 39 heavy (non-hydrogen) atoms. The summed E-state index contributed by atoms with van der Waals surface area (Å²) in [5.74, 6) is 1.55. The maximum atomic E-state index is 12.9. The SMILES string of the molecule is CCOc1cc2cc(Nc3nc(N4CCC(OC5CCCN(C)C5)CC4)ncc3Cl)ccc2n(C(C)C)c1=O. The van der Waals surface area contributed by atoms with E-state index in [1.165, 1.54) is 6.42 Å². The second kappa shape index (κ2) is 12.1. The number of benzene rings is 1. The number of aromatic nitrogens is 3. The van der Waals surface area contributed by atoms with E-state index < -0.39 is 0 Å². The molecular weight excluding hydrogens is 516 g/mol. The van der Waals surface area contributed by atoms with E-state index in [1.807, 2.05) is 39.0 Å². The Bertz CT molecular complexity index is 1350. The molecule has 5 rings (SSSR count). The molecule has 0 aliphatic carbocycles. The number of hydrogen-bond donors (Lipinski definition) is 1. The summed E-state index contributed by atoms with van der Waals surface area (Å²) < 4.78 is 13.8. The van der Waals surface area contributed by atoms with Crippen molar-refractivity contribution in [2.75, 3.05) is 50.1 Å². The lowest BCUT2D eigenvalue weighted by atomic mass is 10.1. The molecule has 0 radical (unpaired) electrons. The van der Waals surface area contributed by atoms with E-state index in [2.05, 4.69) is 27.1 Å². The van der Waals surface area contributed by atoms with Gasteiger partial charge in [0.05, 0.1) is 30.5 Å². The number of anilines is 3. The number of fused-ring (bicyclic) bond motifs is 1. The van der Waals surface area contributed by atoms with Gasteiger partial charge in [0.1, 0.15) is 5.02 Å². The van der Waals surface area contributed by atoms with Gasteiger partial charge in [-0.3, -0.25) is 4.79 Å². The molecule has 9 nitrogen and oxygen atoms in total. The Morgan fingerprint density at radius 2 is 1.92 bits per heavy atom. The number of rotatable bonds is 8. The monoisotopic (exact) mass is 554 g/mol. The zero-order valence-corrected chi connectivity index (χ0v) is 24.1. The second-order valence-electron chi connectivity index (χ2n) is 10.8. The van der Waals surface area contributed by atoms with Crippen molar-refractivity contribution in [2.24, 2.45) is 0 Å². The fourth-order valence-corrected chi connectivity index (χ4v) is 5.74. The molecule has 0 saturated carbocycles. The van der Waals surface area contributed by atoms with Crippen LogP contribution in [-0.4, -0.2) is 71.5 Å². The minimum atomic E-state index is -0.121. The molecule has 10 heteroatoms. The molecule has 1 atom stereocenters. The van der Waals surface area contributed by atoms with Crippen molar-refractivity contribution in [3.63, 3.8) is 0 Å². The van der Waals surface area contributed by atoms with E-state index in [0.29, 0.717) is 35.2 Å². The van der Waals surface area contributed by atoms with Crippen LogP contribution in [0.3, 0.4) is 0 Å².